The highest BCUT2D eigenvalue weighted by molar-refractivity contribution is 8.18. The first-order valence-electron chi connectivity index (χ1n) is 9.77. The van der Waals surface area contributed by atoms with E-state index in [1.165, 1.54) is 12.1 Å². The van der Waals surface area contributed by atoms with Gasteiger partial charge in [-0.25, -0.2) is 0 Å². The van der Waals surface area contributed by atoms with Gasteiger partial charge in [0.1, 0.15) is 5.75 Å². The topological polar surface area (TPSA) is 151 Å². The van der Waals surface area contributed by atoms with E-state index in [1.807, 2.05) is 31.2 Å². The number of nitrogens with one attached hydrogen (secondary N) is 1. The molecule has 6 N–H and O–H groups in total. The summed E-state index contributed by atoms with van der Waals surface area (Å²) in [6.45, 7) is 2.11. The first-order valence-corrected chi connectivity index (χ1v) is 10.6. The minimum atomic E-state index is -0.361. The highest BCUT2D eigenvalue weighted by Crippen LogP contribution is 2.32. The largest absolute Gasteiger partial charge is 0.507 e. The number of phenolic OH excluding ortho intramolecular Hbond substituents is 1. The van der Waals surface area contributed by atoms with Gasteiger partial charge in [0.05, 0.1) is 10.5 Å². The summed E-state index contributed by atoms with van der Waals surface area (Å²) >= 11 is 0.891. The highest BCUT2D eigenvalue weighted by atomic mass is 32.2. The lowest BCUT2D eigenvalue weighted by Gasteiger charge is -2.12. The van der Waals surface area contributed by atoms with Crippen molar-refractivity contribution in [3.63, 3.8) is 0 Å². The van der Waals surface area contributed by atoms with Crippen LogP contribution in [-0.2, 0) is 9.59 Å². The van der Waals surface area contributed by atoms with E-state index in [2.05, 4.69) is 10.4 Å². The molecule has 166 valence electrons. The van der Waals surface area contributed by atoms with Crippen LogP contribution in [0.15, 0.2) is 52.5 Å². The van der Waals surface area contributed by atoms with Gasteiger partial charge in [-0.1, -0.05) is 29.8 Å². The number of aromatic hydroxyl groups is 1. The second-order valence-corrected chi connectivity index (χ2v) is 8.14. The number of carbonyl (C=O) groups excluding carboxylic acids is 3. The van der Waals surface area contributed by atoms with Gasteiger partial charge >= 0.3 is 0 Å². The Morgan fingerprint density at radius 1 is 1.22 bits per heavy atom. The van der Waals surface area contributed by atoms with Crippen LogP contribution >= 0.6 is 11.8 Å². The first-order chi connectivity index (χ1) is 15.3. The van der Waals surface area contributed by atoms with Crippen molar-refractivity contribution in [3.8, 4) is 5.75 Å². The summed E-state index contributed by atoms with van der Waals surface area (Å²) in [6.07, 6.45) is 2.08. The Labute approximate surface area is 189 Å². The fourth-order valence-electron chi connectivity index (χ4n) is 3.02. The summed E-state index contributed by atoms with van der Waals surface area (Å²) in [5.41, 5.74) is 8.13. The summed E-state index contributed by atoms with van der Waals surface area (Å²) in [5, 5.41) is 15.6. The SMILES string of the molecule is Cc1ccc(/C=C2\SC(=O)N(CCCC(=O)Nc3ccc(/C(N)=N/N)c(O)c3)C2=O)cc1. The van der Waals surface area contributed by atoms with Gasteiger partial charge in [0.2, 0.25) is 5.91 Å². The lowest BCUT2D eigenvalue weighted by atomic mass is 10.1. The van der Waals surface area contributed by atoms with Gasteiger partial charge in [-0.05, 0) is 48.9 Å². The number of phenols is 1. The van der Waals surface area contributed by atoms with Gasteiger partial charge in [-0.15, -0.1) is 0 Å². The number of carbonyl (C=O) groups is 3. The van der Waals surface area contributed by atoms with Crippen molar-refractivity contribution in [1.29, 1.82) is 0 Å². The standard InChI is InChI=1S/C22H23N5O4S/c1-13-4-6-14(7-5-13)11-18-21(30)27(22(31)32-18)10-2-3-19(29)25-15-8-9-16(17(28)12-15)20(23)26-24/h4-9,11-12,28H,2-3,10,24H2,1H3,(H2,23,26)(H,25,29)/b18-11-. The second kappa shape index (κ2) is 10.0. The van der Waals surface area contributed by atoms with Crippen LogP contribution in [0.25, 0.3) is 6.08 Å². The smallest absolute Gasteiger partial charge is 0.293 e. The molecule has 1 heterocycles. The van der Waals surface area contributed by atoms with E-state index in [9.17, 15) is 19.5 Å². The van der Waals surface area contributed by atoms with Crippen LogP contribution in [0.5, 0.6) is 5.75 Å². The lowest BCUT2D eigenvalue weighted by molar-refractivity contribution is -0.123. The molecule has 2 aromatic rings. The van der Waals surface area contributed by atoms with Crippen molar-refractivity contribution in [2.24, 2.45) is 16.7 Å². The molecule has 0 saturated carbocycles. The molecule has 0 unspecified atom stereocenters. The van der Waals surface area contributed by atoms with E-state index in [1.54, 1.807) is 12.1 Å². The van der Waals surface area contributed by atoms with Gasteiger partial charge in [-0.2, -0.15) is 5.10 Å². The van der Waals surface area contributed by atoms with Crippen LogP contribution in [0.3, 0.4) is 0 Å². The van der Waals surface area contributed by atoms with Crippen molar-refractivity contribution in [1.82, 2.24) is 4.90 Å². The Morgan fingerprint density at radius 3 is 2.59 bits per heavy atom. The Kier molecular flexibility index (Phi) is 7.16. The third-order valence-corrected chi connectivity index (χ3v) is 5.64. The van der Waals surface area contributed by atoms with Gasteiger partial charge in [0.25, 0.3) is 11.1 Å². The van der Waals surface area contributed by atoms with Crippen molar-refractivity contribution in [2.45, 2.75) is 19.8 Å². The maximum atomic E-state index is 12.6. The Morgan fingerprint density at radius 2 is 1.94 bits per heavy atom. The number of nitrogens with two attached hydrogens (primary N) is 2. The number of amides is 3. The normalized spacial score (nSPS) is 15.5. The van der Waals surface area contributed by atoms with E-state index < -0.39 is 0 Å². The molecule has 2 aromatic carbocycles. The zero-order valence-corrected chi connectivity index (χ0v) is 18.2. The molecule has 3 rings (SSSR count). The van der Waals surface area contributed by atoms with Crippen molar-refractivity contribution >= 4 is 46.4 Å². The predicted molar refractivity (Wildman–Crippen MR) is 125 cm³/mol. The third-order valence-electron chi connectivity index (χ3n) is 4.73. The van der Waals surface area contributed by atoms with Crippen LogP contribution in [0, 0.1) is 6.92 Å². The maximum absolute atomic E-state index is 12.6. The number of hydrogen-bond acceptors (Lipinski definition) is 7. The van der Waals surface area contributed by atoms with Gasteiger partial charge < -0.3 is 22.0 Å². The van der Waals surface area contributed by atoms with E-state index in [0.717, 1.165) is 27.8 Å². The van der Waals surface area contributed by atoms with E-state index in [-0.39, 0.29) is 47.2 Å². The summed E-state index contributed by atoms with van der Waals surface area (Å²) in [7, 11) is 0. The number of amidine groups is 1. The number of hydrazone groups is 1. The summed E-state index contributed by atoms with van der Waals surface area (Å²) < 4.78 is 0. The molecular weight excluding hydrogens is 430 g/mol. The van der Waals surface area contributed by atoms with Crippen molar-refractivity contribution < 1.29 is 19.5 Å². The molecule has 1 aliphatic rings. The summed E-state index contributed by atoms with van der Waals surface area (Å²) in [4.78, 5) is 38.5. The van der Waals surface area contributed by atoms with Crippen LogP contribution in [0.1, 0.15) is 29.5 Å². The molecule has 3 amide bonds. The second-order valence-electron chi connectivity index (χ2n) is 7.14. The molecule has 10 heteroatoms. The quantitative estimate of drug-likeness (QED) is 0.165. The number of hydrogen-bond donors (Lipinski definition) is 4. The van der Waals surface area contributed by atoms with Gasteiger partial charge in [0.15, 0.2) is 5.84 Å². The van der Waals surface area contributed by atoms with Crippen LogP contribution in [0.4, 0.5) is 10.5 Å². The molecule has 0 atom stereocenters. The van der Waals surface area contributed by atoms with E-state index >= 15 is 0 Å². The Bertz CT molecular complexity index is 1110. The molecule has 0 radical (unpaired) electrons. The third kappa shape index (κ3) is 5.46. The fraction of sp³-hybridized carbons (Fsp3) is 0.182. The Hall–Kier alpha value is -3.79. The molecule has 1 aliphatic heterocycles. The molecule has 1 fully saturated rings. The average molecular weight is 454 g/mol. The van der Waals surface area contributed by atoms with Crippen molar-refractivity contribution in [3.05, 3.63) is 64.1 Å². The number of aryl methyl sites for hydroxylation is 1. The maximum Gasteiger partial charge on any atom is 0.293 e. The van der Waals surface area contributed by atoms with E-state index in [0.29, 0.717) is 17.0 Å². The highest BCUT2D eigenvalue weighted by Gasteiger charge is 2.34. The van der Waals surface area contributed by atoms with E-state index in [4.69, 9.17) is 11.6 Å². The molecule has 9 nitrogen and oxygen atoms in total. The van der Waals surface area contributed by atoms with Crippen molar-refractivity contribution in [2.75, 3.05) is 11.9 Å². The monoisotopic (exact) mass is 453 g/mol. The molecule has 0 bridgehead atoms. The summed E-state index contributed by atoms with van der Waals surface area (Å²) in [6, 6.07) is 12.0. The number of rotatable bonds is 7. The molecule has 0 spiro atoms. The van der Waals surface area contributed by atoms with Gasteiger partial charge in [0, 0.05) is 24.7 Å². The number of nitrogens with zero attached hydrogens (tertiary/aromatic N) is 2. The Balaban J connectivity index is 1.53. The van der Waals surface area contributed by atoms with Crippen LogP contribution in [-0.4, -0.2) is 39.4 Å². The lowest BCUT2D eigenvalue weighted by Crippen LogP contribution is -2.29. The zero-order chi connectivity index (χ0) is 23.3. The predicted octanol–water partition coefficient (Wildman–Crippen LogP) is 2.73. The van der Waals surface area contributed by atoms with Crippen LogP contribution < -0.4 is 16.9 Å². The fourth-order valence-corrected chi connectivity index (χ4v) is 3.89. The molecular formula is C22H23N5O4S. The van der Waals surface area contributed by atoms with Crippen LogP contribution in [0.2, 0.25) is 0 Å². The minimum absolute atomic E-state index is 0.0333. The molecule has 1 saturated heterocycles. The number of imide groups is 1. The number of anilines is 1. The number of benzene rings is 2. The summed E-state index contributed by atoms with van der Waals surface area (Å²) in [5.74, 6) is 4.21. The number of thioether (sulfide) groups is 1. The molecule has 32 heavy (non-hydrogen) atoms. The van der Waals surface area contributed by atoms with Gasteiger partial charge in [-0.3, -0.25) is 19.3 Å². The molecule has 0 aliphatic carbocycles. The zero-order valence-electron chi connectivity index (χ0n) is 17.4. The average Bonchev–Trinajstić information content (AvgIpc) is 3.02. The minimum Gasteiger partial charge on any atom is -0.507 e. The first kappa shape index (κ1) is 22.9. The molecule has 0 aromatic heterocycles.